The van der Waals surface area contributed by atoms with Gasteiger partial charge in [-0.05, 0) is 35.4 Å². The quantitative estimate of drug-likeness (QED) is 0.342. The van der Waals surface area contributed by atoms with Gasteiger partial charge in [-0.15, -0.1) is 0 Å². The van der Waals surface area contributed by atoms with Crippen molar-refractivity contribution in [3.63, 3.8) is 0 Å². The van der Waals surface area contributed by atoms with E-state index in [1.54, 1.807) is 25.4 Å². The van der Waals surface area contributed by atoms with Crippen LogP contribution in [0, 0.1) is 5.82 Å². The zero-order chi connectivity index (χ0) is 24.1. The molecule has 0 aliphatic rings. The fourth-order valence-corrected chi connectivity index (χ4v) is 3.44. The number of methoxy groups -OCH3 is 1. The average Bonchev–Trinajstić information content (AvgIpc) is 3.25. The number of nitrogens with two attached hydrogens (primary N) is 1. The van der Waals surface area contributed by atoms with Crippen LogP contribution in [0.4, 0.5) is 16.3 Å². The van der Waals surface area contributed by atoms with Crippen molar-refractivity contribution in [3.8, 4) is 5.75 Å². The number of halogens is 1. The number of aromatic amines is 1. The van der Waals surface area contributed by atoms with E-state index >= 15 is 0 Å². The molecule has 0 unspecified atom stereocenters. The van der Waals surface area contributed by atoms with Gasteiger partial charge in [0.25, 0.3) is 0 Å². The van der Waals surface area contributed by atoms with Crippen molar-refractivity contribution in [1.82, 2.24) is 24.1 Å². The zero-order valence-electron chi connectivity index (χ0n) is 18.5. The Balaban J connectivity index is 1.65. The van der Waals surface area contributed by atoms with Crippen molar-refractivity contribution in [2.24, 2.45) is 0 Å². The first-order valence-electron chi connectivity index (χ1n) is 10.5. The van der Waals surface area contributed by atoms with Crippen LogP contribution in [0.3, 0.4) is 0 Å². The third-order valence-corrected chi connectivity index (χ3v) is 5.23. The lowest BCUT2D eigenvalue weighted by Crippen LogP contribution is -2.43. The van der Waals surface area contributed by atoms with E-state index in [1.165, 1.54) is 28.8 Å². The van der Waals surface area contributed by atoms with E-state index in [9.17, 15) is 14.0 Å². The van der Waals surface area contributed by atoms with Crippen LogP contribution in [0.2, 0.25) is 0 Å². The van der Waals surface area contributed by atoms with Crippen LogP contribution >= 0.6 is 0 Å². The summed E-state index contributed by atoms with van der Waals surface area (Å²) in [5, 5.41) is 3.07. The highest BCUT2D eigenvalue weighted by Crippen LogP contribution is 2.13. The SMILES string of the molecule is COc1ccc(Cn2c(NCCc3cnc(N)[nH]3)nc(=O)n(Cc3ccc(F)cc3)c2=O)cc1. The number of nitrogens with zero attached hydrogens (tertiary/aromatic N) is 4. The Kier molecular flexibility index (Phi) is 6.72. The highest BCUT2D eigenvalue weighted by Gasteiger charge is 2.14. The third-order valence-electron chi connectivity index (χ3n) is 5.23. The predicted molar refractivity (Wildman–Crippen MR) is 126 cm³/mol. The molecule has 176 valence electrons. The molecule has 2 aromatic carbocycles. The van der Waals surface area contributed by atoms with E-state index in [0.717, 1.165) is 15.8 Å². The van der Waals surface area contributed by atoms with Crippen molar-refractivity contribution in [2.45, 2.75) is 19.5 Å². The first-order valence-corrected chi connectivity index (χ1v) is 10.5. The Morgan fingerprint density at radius 2 is 1.68 bits per heavy atom. The van der Waals surface area contributed by atoms with Crippen molar-refractivity contribution >= 4 is 11.9 Å². The Morgan fingerprint density at radius 1 is 1.03 bits per heavy atom. The maximum atomic E-state index is 13.4. The Bertz CT molecular complexity index is 1380. The van der Waals surface area contributed by atoms with Gasteiger partial charge in [0.1, 0.15) is 11.6 Å². The number of benzene rings is 2. The summed E-state index contributed by atoms with van der Waals surface area (Å²) in [6.07, 6.45) is 2.15. The molecule has 0 saturated heterocycles. The number of hydrogen-bond acceptors (Lipinski definition) is 7. The Hall–Kier alpha value is -4.41. The molecule has 10 nitrogen and oxygen atoms in total. The van der Waals surface area contributed by atoms with Gasteiger partial charge >= 0.3 is 11.4 Å². The van der Waals surface area contributed by atoms with E-state index < -0.39 is 17.2 Å². The number of ether oxygens (including phenoxy) is 1. The van der Waals surface area contributed by atoms with Crippen LogP contribution in [-0.2, 0) is 19.5 Å². The number of nitrogen functional groups attached to an aromatic ring is 1. The average molecular weight is 465 g/mol. The molecule has 0 atom stereocenters. The standard InChI is InChI=1S/C23H24FN7O3/c1-34-19-8-4-16(5-9-19)13-30-21(26-11-10-18-12-27-20(25)28-18)29-22(32)31(23(30)33)14-15-2-6-17(24)7-3-15/h2-9,12H,10-11,13-14H2,1H3,(H3,25,27,28)(H,26,29,32). The van der Waals surface area contributed by atoms with Gasteiger partial charge in [-0.2, -0.15) is 4.98 Å². The van der Waals surface area contributed by atoms with E-state index in [2.05, 4.69) is 20.3 Å². The summed E-state index contributed by atoms with van der Waals surface area (Å²) in [5.74, 6) is 0.749. The number of anilines is 2. The number of hydrogen-bond donors (Lipinski definition) is 3. The smallest absolute Gasteiger partial charge is 0.355 e. The number of imidazole rings is 1. The topological polar surface area (TPSA) is 133 Å². The largest absolute Gasteiger partial charge is 0.497 e. The maximum Gasteiger partial charge on any atom is 0.355 e. The van der Waals surface area contributed by atoms with Gasteiger partial charge in [0, 0.05) is 18.7 Å². The second-order valence-electron chi connectivity index (χ2n) is 7.62. The summed E-state index contributed by atoms with van der Waals surface area (Å²) in [6.45, 7) is 0.540. The van der Waals surface area contributed by atoms with E-state index in [0.29, 0.717) is 30.2 Å². The lowest BCUT2D eigenvalue weighted by Gasteiger charge is -2.16. The van der Waals surface area contributed by atoms with Crippen molar-refractivity contribution in [2.75, 3.05) is 24.7 Å². The molecule has 0 saturated carbocycles. The Labute approximate surface area is 193 Å². The first kappa shape index (κ1) is 22.8. The molecule has 0 amide bonds. The Morgan fingerprint density at radius 3 is 2.29 bits per heavy atom. The monoisotopic (exact) mass is 465 g/mol. The molecule has 0 bridgehead atoms. The summed E-state index contributed by atoms with van der Waals surface area (Å²) in [7, 11) is 1.57. The predicted octanol–water partition coefficient (Wildman–Crippen LogP) is 1.61. The molecule has 11 heteroatoms. The van der Waals surface area contributed by atoms with Gasteiger partial charge in [-0.1, -0.05) is 24.3 Å². The second-order valence-corrected chi connectivity index (χ2v) is 7.62. The molecule has 2 heterocycles. The van der Waals surface area contributed by atoms with Crippen LogP contribution in [0.5, 0.6) is 5.75 Å². The minimum atomic E-state index is -0.700. The van der Waals surface area contributed by atoms with Gasteiger partial charge in [-0.25, -0.2) is 23.5 Å². The van der Waals surface area contributed by atoms with Crippen molar-refractivity contribution in [3.05, 3.63) is 98.3 Å². The van der Waals surface area contributed by atoms with Crippen LogP contribution in [0.25, 0.3) is 0 Å². The minimum Gasteiger partial charge on any atom is -0.497 e. The molecular formula is C23H24FN7O3. The summed E-state index contributed by atoms with van der Waals surface area (Å²) in [6, 6.07) is 12.9. The number of aromatic nitrogens is 5. The maximum absolute atomic E-state index is 13.4. The normalized spacial score (nSPS) is 10.9. The van der Waals surface area contributed by atoms with Crippen LogP contribution in [-0.4, -0.2) is 37.7 Å². The molecule has 34 heavy (non-hydrogen) atoms. The molecular weight excluding hydrogens is 441 g/mol. The van der Waals surface area contributed by atoms with Crippen LogP contribution in [0.15, 0.2) is 64.3 Å². The first-order chi connectivity index (χ1) is 16.4. The number of nitrogens with one attached hydrogen (secondary N) is 2. The van der Waals surface area contributed by atoms with Crippen LogP contribution in [0.1, 0.15) is 16.8 Å². The molecule has 0 aliphatic carbocycles. The highest BCUT2D eigenvalue weighted by molar-refractivity contribution is 5.31. The molecule has 0 aliphatic heterocycles. The fraction of sp³-hybridized carbons (Fsp3) is 0.217. The van der Waals surface area contributed by atoms with Gasteiger partial charge in [0.15, 0.2) is 5.95 Å². The highest BCUT2D eigenvalue weighted by atomic mass is 19.1. The molecule has 4 aromatic rings. The van der Waals surface area contributed by atoms with Gasteiger partial charge in [0.2, 0.25) is 5.95 Å². The van der Waals surface area contributed by atoms with Gasteiger partial charge in [0.05, 0.1) is 26.4 Å². The summed E-state index contributed by atoms with van der Waals surface area (Å²) in [4.78, 5) is 37.1. The fourth-order valence-electron chi connectivity index (χ4n) is 3.44. The lowest BCUT2D eigenvalue weighted by atomic mass is 10.2. The van der Waals surface area contributed by atoms with Crippen LogP contribution < -0.4 is 27.2 Å². The van der Waals surface area contributed by atoms with Crippen molar-refractivity contribution in [1.29, 1.82) is 0 Å². The second kappa shape index (κ2) is 10.0. The summed E-state index contributed by atoms with van der Waals surface area (Å²) >= 11 is 0. The number of H-pyrrole nitrogens is 1. The van der Waals surface area contributed by atoms with E-state index in [4.69, 9.17) is 10.5 Å². The van der Waals surface area contributed by atoms with Gasteiger partial charge in [-0.3, -0.25) is 4.57 Å². The molecule has 2 aromatic heterocycles. The molecule has 0 radical (unpaired) electrons. The third kappa shape index (κ3) is 5.31. The summed E-state index contributed by atoms with van der Waals surface area (Å²) < 4.78 is 20.9. The molecule has 4 rings (SSSR count). The molecule has 4 N–H and O–H groups in total. The van der Waals surface area contributed by atoms with Crippen molar-refractivity contribution < 1.29 is 9.13 Å². The lowest BCUT2D eigenvalue weighted by molar-refractivity contribution is 0.414. The van der Waals surface area contributed by atoms with Gasteiger partial charge < -0.3 is 20.8 Å². The minimum absolute atomic E-state index is 0.0265. The zero-order valence-corrected chi connectivity index (χ0v) is 18.5. The summed E-state index contributed by atoms with van der Waals surface area (Å²) in [5.41, 5.74) is 6.60. The molecule has 0 fully saturated rings. The van der Waals surface area contributed by atoms with E-state index in [-0.39, 0.29) is 19.0 Å². The van der Waals surface area contributed by atoms with E-state index in [1.807, 2.05) is 12.1 Å². The number of rotatable bonds is 9. The molecule has 0 spiro atoms.